The number of rotatable bonds is 8. The Morgan fingerprint density at radius 1 is 1.12 bits per heavy atom. The number of benzene rings is 2. The van der Waals surface area contributed by atoms with E-state index in [2.05, 4.69) is 15.9 Å². The van der Waals surface area contributed by atoms with Gasteiger partial charge in [0.2, 0.25) is 11.8 Å². The molecule has 2 aromatic carbocycles. The Morgan fingerprint density at radius 2 is 1.78 bits per heavy atom. The van der Waals surface area contributed by atoms with E-state index < -0.39 is 29.7 Å². The topological polar surface area (TPSA) is 104 Å². The van der Waals surface area contributed by atoms with Gasteiger partial charge < -0.3 is 14.7 Å². The number of carboxylic acids is 1. The fourth-order valence-corrected chi connectivity index (χ4v) is 3.68. The van der Waals surface area contributed by atoms with Crippen molar-refractivity contribution in [1.29, 1.82) is 0 Å². The van der Waals surface area contributed by atoms with Gasteiger partial charge in [0, 0.05) is 23.2 Å². The summed E-state index contributed by atoms with van der Waals surface area (Å²) in [5.41, 5.74) is 1.31. The summed E-state index contributed by atoms with van der Waals surface area (Å²) in [7, 11) is 1.56. The molecule has 1 N–H and O–H groups in total. The number of carbonyl (C=O) groups excluding carboxylic acids is 3. The highest BCUT2D eigenvalue weighted by molar-refractivity contribution is 9.10. The zero-order valence-electron chi connectivity index (χ0n) is 17.2. The highest BCUT2D eigenvalue weighted by atomic mass is 79.9. The normalized spacial score (nSPS) is 15.9. The summed E-state index contributed by atoms with van der Waals surface area (Å²) >= 11 is 3.31. The third-order valence-corrected chi connectivity index (χ3v) is 5.56. The van der Waals surface area contributed by atoms with Crippen LogP contribution >= 0.6 is 15.9 Å². The Labute approximate surface area is 193 Å². The largest absolute Gasteiger partial charge is 0.497 e. The molecule has 2 aromatic rings. The molecule has 1 heterocycles. The average molecular weight is 501 g/mol. The average Bonchev–Trinajstić information content (AvgIpc) is 3.07. The van der Waals surface area contributed by atoms with E-state index in [4.69, 9.17) is 9.84 Å². The van der Waals surface area contributed by atoms with E-state index in [0.717, 1.165) is 27.1 Å². The zero-order valence-corrected chi connectivity index (χ0v) is 18.8. The highest BCUT2D eigenvalue weighted by Gasteiger charge is 2.43. The molecule has 1 aliphatic heterocycles. The van der Waals surface area contributed by atoms with Crippen molar-refractivity contribution in [2.75, 3.05) is 18.6 Å². The smallest absolute Gasteiger partial charge is 0.328 e. The molecular weight excluding hydrogens is 480 g/mol. The molecule has 1 aliphatic rings. The lowest BCUT2D eigenvalue weighted by Gasteiger charge is -2.26. The van der Waals surface area contributed by atoms with Crippen LogP contribution in [0.25, 0.3) is 0 Å². The van der Waals surface area contributed by atoms with Crippen LogP contribution in [0.5, 0.6) is 5.75 Å². The van der Waals surface area contributed by atoms with Gasteiger partial charge in [-0.3, -0.25) is 14.4 Å². The molecule has 0 spiro atoms. The van der Waals surface area contributed by atoms with E-state index in [-0.39, 0.29) is 13.0 Å². The van der Waals surface area contributed by atoms with Crippen molar-refractivity contribution >= 4 is 45.3 Å². The van der Waals surface area contributed by atoms with Gasteiger partial charge in [0.15, 0.2) is 0 Å². The van der Waals surface area contributed by atoms with Gasteiger partial charge in [0.05, 0.1) is 19.2 Å². The summed E-state index contributed by atoms with van der Waals surface area (Å²) in [6.07, 6.45) is 1.85. The number of imide groups is 1. The van der Waals surface area contributed by atoms with Crippen molar-refractivity contribution in [2.45, 2.75) is 18.9 Å². The molecule has 166 valence electrons. The number of ether oxygens (including phenoxy) is 1. The van der Waals surface area contributed by atoms with E-state index in [1.807, 2.05) is 12.1 Å². The molecule has 32 heavy (non-hydrogen) atoms. The van der Waals surface area contributed by atoms with Gasteiger partial charge in [0.1, 0.15) is 11.8 Å². The molecule has 0 bridgehead atoms. The predicted octanol–water partition coefficient (Wildman–Crippen LogP) is 2.80. The van der Waals surface area contributed by atoms with Gasteiger partial charge in [-0.1, -0.05) is 28.1 Å². The van der Waals surface area contributed by atoms with Crippen LogP contribution in [-0.2, 0) is 25.6 Å². The van der Waals surface area contributed by atoms with Gasteiger partial charge in [-0.15, -0.1) is 0 Å². The number of methoxy groups -OCH3 is 1. The number of halogens is 1. The predicted molar refractivity (Wildman–Crippen MR) is 120 cm³/mol. The molecular formula is C23H21BrN2O6. The first-order valence-corrected chi connectivity index (χ1v) is 10.6. The number of hydrogen-bond donors (Lipinski definition) is 1. The Kier molecular flexibility index (Phi) is 7.42. The molecule has 1 atom stereocenters. The number of carbonyl (C=O) groups is 4. The van der Waals surface area contributed by atoms with E-state index in [1.165, 1.54) is 4.90 Å². The zero-order chi connectivity index (χ0) is 23.3. The standard InChI is InChI=1S/C23H21BrN2O6/c1-32-18-8-2-15(3-9-18)12-13-25(20(27)10-11-22(29)30)19-14-21(28)26(23(19)31)17-6-4-16(24)5-7-17/h2-11,19H,12-14H2,1H3,(H,29,30). The molecule has 1 unspecified atom stereocenters. The van der Waals surface area contributed by atoms with E-state index in [9.17, 15) is 19.2 Å². The van der Waals surface area contributed by atoms with Gasteiger partial charge >= 0.3 is 5.97 Å². The third kappa shape index (κ3) is 5.42. The second kappa shape index (κ2) is 10.2. The van der Waals surface area contributed by atoms with Crippen LogP contribution in [0.3, 0.4) is 0 Å². The van der Waals surface area contributed by atoms with Crippen LogP contribution in [0.1, 0.15) is 12.0 Å². The first-order valence-electron chi connectivity index (χ1n) is 9.77. The Balaban J connectivity index is 1.83. The summed E-state index contributed by atoms with van der Waals surface area (Å²) in [5.74, 6) is -2.19. The molecule has 9 heteroatoms. The Hall–Kier alpha value is -3.46. The number of aliphatic carboxylic acids is 1. The Morgan fingerprint density at radius 3 is 2.38 bits per heavy atom. The second-order valence-corrected chi connectivity index (χ2v) is 7.98. The molecule has 8 nitrogen and oxygen atoms in total. The van der Waals surface area contributed by atoms with Gasteiger partial charge in [-0.05, 0) is 48.4 Å². The summed E-state index contributed by atoms with van der Waals surface area (Å²) in [6, 6.07) is 12.9. The second-order valence-electron chi connectivity index (χ2n) is 7.07. The van der Waals surface area contributed by atoms with Crippen molar-refractivity contribution in [3.05, 3.63) is 70.7 Å². The summed E-state index contributed by atoms with van der Waals surface area (Å²) in [5, 5.41) is 8.87. The van der Waals surface area contributed by atoms with Crippen LogP contribution in [0, 0.1) is 0 Å². The minimum atomic E-state index is -1.28. The SMILES string of the molecule is COc1ccc(CCN(C(=O)C=CC(=O)O)C2CC(=O)N(c3ccc(Br)cc3)C2=O)cc1. The number of carboxylic acid groups (broad SMARTS) is 1. The van der Waals surface area contributed by atoms with E-state index >= 15 is 0 Å². The number of hydrogen-bond acceptors (Lipinski definition) is 5. The molecule has 0 aromatic heterocycles. The quantitative estimate of drug-likeness (QED) is 0.441. The van der Waals surface area contributed by atoms with Crippen LogP contribution in [-0.4, -0.2) is 53.4 Å². The van der Waals surface area contributed by atoms with Crippen molar-refractivity contribution in [3.8, 4) is 5.75 Å². The molecule has 0 radical (unpaired) electrons. The van der Waals surface area contributed by atoms with Crippen molar-refractivity contribution in [3.63, 3.8) is 0 Å². The lowest BCUT2D eigenvalue weighted by molar-refractivity contribution is -0.135. The van der Waals surface area contributed by atoms with Crippen molar-refractivity contribution < 1.29 is 29.0 Å². The van der Waals surface area contributed by atoms with Crippen molar-refractivity contribution in [2.24, 2.45) is 0 Å². The molecule has 0 aliphatic carbocycles. The van der Waals surface area contributed by atoms with Crippen molar-refractivity contribution in [1.82, 2.24) is 4.90 Å². The van der Waals surface area contributed by atoms with E-state index in [1.54, 1.807) is 43.5 Å². The third-order valence-electron chi connectivity index (χ3n) is 5.04. The van der Waals surface area contributed by atoms with Gasteiger partial charge in [0.25, 0.3) is 5.91 Å². The van der Waals surface area contributed by atoms with Crippen LogP contribution in [0.2, 0.25) is 0 Å². The molecule has 3 rings (SSSR count). The molecule has 0 saturated carbocycles. The van der Waals surface area contributed by atoms with Crippen LogP contribution in [0.15, 0.2) is 65.2 Å². The minimum Gasteiger partial charge on any atom is -0.497 e. The maximum atomic E-state index is 13.1. The maximum absolute atomic E-state index is 13.1. The lowest BCUT2D eigenvalue weighted by Crippen LogP contribution is -2.45. The molecule has 1 fully saturated rings. The summed E-state index contributed by atoms with van der Waals surface area (Å²) in [6.45, 7) is 0.132. The molecule has 1 saturated heterocycles. The minimum absolute atomic E-state index is 0.132. The van der Waals surface area contributed by atoms with Crippen LogP contribution in [0.4, 0.5) is 5.69 Å². The first kappa shape index (κ1) is 23.2. The van der Waals surface area contributed by atoms with Crippen LogP contribution < -0.4 is 9.64 Å². The Bertz CT molecular complexity index is 1050. The summed E-state index contributed by atoms with van der Waals surface area (Å²) < 4.78 is 5.93. The number of anilines is 1. The number of nitrogens with zero attached hydrogens (tertiary/aromatic N) is 2. The fraction of sp³-hybridized carbons (Fsp3) is 0.217. The monoisotopic (exact) mass is 500 g/mol. The fourth-order valence-electron chi connectivity index (χ4n) is 3.42. The lowest BCUT2D eigenvalue weighted by atomic mass is 10.1. The van der Waals surface area contributed by atoms with Gasteiger partial charge in [-0.2, -0.15) is 0 Å². The molecule has 3 amide bonds. The van der Waals surface area contributed by atoms with Gasteiger partial charge in [-0.25, -0.2) is 9.69 Å². The first-order chi connectivity index (χ1) is 15.3. The highest BCUT2D eigenvalue weighted by Crippen LogP contribution is 2.27. The maximum Gasteiger partial charge on any atom is 0.328 e. The number of amides is 3. The van der Waals surface area contributed by atoms with E-state index in [0.29, 0.717) is 17.9 Å². The summed E-state index contributed by atoms with van der Waals surface area (Å²) in [4.78, 5) is 51.7.